The van der Waals surface area contributed by atoms with Crippen LogP contribution in [0.25, 0.3) is 10.9 Å². The number of hydrogen-bond acceptors (Lipinski definition) is 4. The van der Waals surface area contributed by atoms with Crippen molar-refractivity contribution < 1.29 is 4.79 Å². The summed E-state index contributed by atoms with van der Waals surface area (Å²) < 4.78 is 0.846. The molecule has 0 aliphatic rings. The average Bonchev–Trinajstić information content (AvgIpc) is 2.47. The molecule has 2 N–H and O–H groups in total. The highest BCUT2D eigenvalue weighted by atomic mass is 79.9. The minimum atomic E-state index is -0.0765. The Morgan fingerprint density at radius 3 is 2.81 bits per heavy atom. The molecule has 0 atom stereocenters. The standard InChI is InChI=1S/C16H12BrN3O/c17-11-5-10(8-19-9-11)6-16(21)15-7-13(18)12-3-1-2-4-14(12)20-15/h1-5,7-9H,6H2,(H2,18,20). The number of rotatable bonds is 3. The van der Waals surface area contributed by atoms with Crippen LogP contribution in [0, 0.1) is 0 Å². The molecule has 3 aromatic rings. The number of nitrogen functional groups attached to an aromatic ring is 1. The van der Waals surface area contributed by atoms with Gasteiger partial charge in [-0.1, -0.05) is 18.2 Å². The van der Waals surface area contributed by atoms with Crippen LogP contribution < -0.4 is 5.73 Å². The summed E-state index contributed by atoms with van der Waals surface area (Å²) in [6, 6.07) is 11.0. The van der Waals surface area contributed by atoms with E-state index in [9.17, 15) is 4.79 Å². The molecule has 1 aromatic carbocycles. The molecule has 2 heterocycles. The van der Waals surface area contributed by atoms with Gasteiger partial charge in [0.2, 0.25) is 0 Å². The van der Waals surface area contributed by atoms with E-state index >= 15 is 0 Å². The number of ketones is 1. The third-order valence-electron chi connectivity index (χ3n) is 3.16. The van der Waals surface area contributed by atoms with Gasteiger partial charge < -0.3 is 5.73 Å². The molecular weight excluding hydrogens is 330 g/mol. The molecule has 3 rings (SSSR count). The van der Waals surface area contributed by atoms with Crippen molar-refractivity contribution in [2.24, 2.45) is 0 Å². The van der Waals surface area contributed by atoms with Gasteiger partial charge in [0.15, 0.2) is 5.78 Å². The van der Waals surface area contributed by atoms with Crippen LogP contribution in [-0.2, 0) is 6.42 Å². The molecule has 104 valence electrons. The fourth-order valence-electron chi connectivity index (χ4n) is 2.17. The molecule has 0 bridgehead atoms. The van der Waals surface area contributed by atoms with Crippen molar-refractivity contribution in [3.05, 3.63) is 64.5 Å². The predicted molar refractivity (Wildman–Crippen MR) is 86.1 cm³/mol. The van der Waals surface area contributed by atoms with Crippen LogP contribution in [-0.4, -0.2) is 15.8 Å². The summed E-state index contributed by atoms with van der Waals surface area (Å²) in [5.41, 5.74) is 8.51. The number of pyridine rings is 2. The molecule has 0 saturated carbocycles. The van der Waals surface area contributed by atoms with E-state index in [1.54, 1.807) is 18.5 Å². The zero-order valence-corrected chi connectivity index (χ0v) is 12.7. The van der Waals surface area contributed by atoms with E-state index in [1.165, 1.54) is 0 Å². The summed E-state index contributed by atoms with van der Waals surface area (Å²) in [5.74, 6) is -0.0765. The van der Waals surface area contributed by atoms with Gasteiger partial charge in [-0.15, -0.1) is 0 Å². The molecular formula is C16H12BrN3O. The van der Waals surface area contributed by atoms with Gasteiger partial charge in [0, 0.05) is 34.4 Å². The number of aromatic nitrogens is 2. The highest BCUT2D eigenvalue weighted by Gasteiger charge is 2.12. The van der Waals surface area contributed by atoms with E-state index in [1.807, 2.05) is 30.3 Å². The van der Waals surface area contributed by atoms with Crippen LogP contribution in [0.1, 0.15) is 16.1 Å². The number of nitrogens with zero attached hydrogens (tertiary/aromatic N) is 2. The molecule has 2 aromatic heterocycles. The smallest absolute Gasteiger partial charge is 0.185 e. The quantitative estimate of drug-likeness (QED) is 0.741. The Labute approximate surface area is 130 Å². The van der Waals surface area contributed by atoms with Gasteiger partial charge in [-0.3, -0.25) is 9.78 Å². The van der Waals surface area contributed by atoms with Crippen LogP contribution in [0.3, 0.4) is 0 Å². The maximum atomic E-state index is 12.4. The van der Waals surface area contributed by atoms with Crippen LogP contribution in [0.15, 0.2) is 53.3 Å². The van der Waals surface area contributed by atoms with Gasteiger partial charge >= 0.3 is 0 Å². The van der Waals surface area contributed by atoms with E-state index in [-0.39, 0.29) is 12.2 Å². The number of hydrogen-bond donors (Lipinski definition) is 1. The molecule has 0 saturated heterocycles. The third-order valence-corrected chi connectivity index (χ3v) is 3.59. The lowest BCUT2D eigenvalue weighted by molar-refractivity contribution is 0.0988. The van der Waals surface area contributed by atoms with E-state index < -0.39 is 0 Å². The molecule has 5 heteroatoms. The first-order valence-electron chi connectivity index (χ1n) is 6.41. The Hall–Kier alpha value is -2.27. The maximum absolute atomic E-state index is 12.4. The molecule has 0 amide bonds. The second-order valence-corrected chi connectivity index (χ2v) is 5.64. The van der Waals surface area contributed by atoms with Crippen LogP contribution >= 0.6 is 15.9 Å². The summed E-state index contributed by atoms with van der Waals surface area (Å²) in [6.07, 6.45) is 3.60. The van der Waals surface area contributed by atoms with Gasteiger partial charge in [-0.2, -0.15) is 0 Å². The summed E-state index contributed by atoms with van der Waals surface area (Å²) >= 11 is 3.34. The first kappa shape index (κ1) is 13.7. The Morgan fingerprint density at radius 2 is 2.00 bits per heavy atom. The largest absolute Gasteiger partial charge is 0.398 e. The van der Waals surface area contributed by atoms with Gasteiger partial charge in [-0.25, -0.2) is 4.98 Å². The van der Waals surface area contributed by atoms with Crippen molar-refractivity contribution in [1.29, 1.82) is 0 Å². The maximum Gasteiger partial charge on any atom is 0.185 e. The Balaban J connectivity index is 1.94. The zero-order chi connectivity index (χ0) is 14.8. The topological polar surface area (TPSA) is 68.9 Å². The van der Waals surface area contributed by atoms with Crippen LogP contribution in [0.4, 0.5) is 5.69 Å². The number of halogens is 1. The summed E-state index contributed by atoms with van der Waals surface area (Å²) in [5, 5.41) is 0.859. The van der Waals surface area contributed by atoms with E-state index in [2.05, 4.69) is 25.9 Å². The van der Waals surface area contributed by atoms with Crippen molar-refractivity contribution in [3.8, 4) is 0 Å². The lowest BCUT2D eigenvalue weighted by Crippen LogP contribution is -2.07. The van der Waals surface area contributed by atoms with Gasteiger partial charge in [-0.05, 0) is 39.7 Å². The van der Waals surface area contributed by atoms with Crippen LogP contribution in [0.2, 0.25) is 0 Å². The summed E-state index contributed by atoms with van der Waals surface area (Å²) in [6.45, 7) is 0. The number of anilines is 1. The number of carbonyl (C=O) groups excluding carboxylic acids is 1. The fourth-order valence-corrected chi connectivity index (χ4v) is 2.59. The number of nitrogens with two attached hydrogens (primary N) is 1. The molecule has 0 spiro atoms. The zero-order valence-electron chi connectivity index (χ0n) is 11.1. The van der Waals surface area contributed by atoms with E-state index in [0.29, 0.717) is 11.4 Å². The number of carbonyl (C=O) groups is 1. The van der Waals surface area contributed by atoms with Crippen LogP contribution in [0.5, 0.6) is 0 Å². The SMILES string of the molecule is Nc1cc(C(=O)Cc2cncc(Br)c2)nc2ccccc12. The Bertz CT molecular complexity index is 833. The summed E-state index contributed by atoms with van der Waals surface area (Å²) in [7, 11) is 0. The average molecular weight is 342 g/mol. The lowest BCUT2D eigenvalue weighted by Gasteiger charge is -2.06. The monoisotopic (exact) mass is 341 g/mol. The number of fused-ring (bicyclic) bond motifs is 1. The highest BCUT2D eigenvalue weighted by molar-refractivity contribution is 9.10. The molecule has 0 aliphatic heterocycles. The predicted octanol–water partition coefficient (Wildman–Crippen LogP) is 3.40. The third kappa shape index (κ3) is 2.92. The highest BCUT2D eigenvalue weighted by Crippen LogP contribution is 2.21. The minimum Gasteiger partial charge on any atom is -0.398 e. The second-order valence-electron chi connectivity index (χ2n) is 4.73. The van der Waals surface area contributed by atoms with Crippen molar-refractivity contribution in [2.45, 2.75) is 6.42 Å². The number of Topliss-reactive ketones (excluding diaryl/α,β-unsaturated/α-hetero) is 1. The lowest BCUT2D eigenvalue weighted by atomic mass is 10.1. The molecule has 0 aliphatic carbocycles. The first-order valence-corrected chi connectivity index (χ1v) is 7.20. The molecule has 0 fully saturated rings. The minimum absolute atomic E-state index is 0.0765. The van der Waals surface area contributed by atoms with Crippen molar-refractivity contribution >= 4 is 38.3 Å². The molecule has 4 nitrogen and oxygen atoms in total. The van der Waals surface area contributed by atoms with E-state index in [4.69, 9.17) is 5.73 Å². The van der Waals surface area contributed by atoms with Gasteiger partial charge in [0.05, 0.1) is 5.52 Å². The van der Waals surface area contributed by atoms with Crippen molar-refractivity contribution in [2.75, 3.05) is 5.73 Å². The number of benzene rings is 1. The number of para-hydroxylation sites is 1. The fraction of sp³-hybridized carbons (Fsp3) is 0.0625. The van der Waals surface area contributed by atoms with E-state index in [0.717, 1.165) is 20.9 Å². The van der Waals surface area contributed by atoms with Crippen molar-refractivity contribution in [3.63, 3.8) is 0 Å². The molecule has 0 unspecified atom stereocenters. The van der Waals surface area contributed by atoms with Gasteiger partial charge in [0.1, 0.15) is 5.69 Å². The van der Waals surface area contributed by atoms with Gasteiger partial charge in [0.25, 0.3) is 0 Å². The summed E-state index contributed by atoms with van der Waals surface area (Å²) in [4.78, 5) is 20.8. The first-order chi connectivity index (χ1) is 10.1. The Kier molecular flexibility index (Phi) is 3.66. The Morgan fingerprint density at radius 1 is 1.19 bits per heavy atom. The molecule has 21 heavy (non-hydrogen) atoms. The normalized spacial score (nSPS) is 10.7. The van der Waals surface area contributed by atoms with Crippen molar-refractivity contribution in [1.82, 2.24) is 9.97 Å². The molecule has 0 radical (unpaired) electrons. The second kappa shape index (κ2) is 5.61.